The number of nitrogens with zero attached hydrogens (tertiary/aromatic N) is 2. The van der Waals surface area contributed by atoms with E-state index >= 15 is 0 Å². The lowest BCUT2D eigenvalue weighted by molar-refractivity contribution is 0.284. The van der Waals surface area contributed by atoms with Gasteiger partial charge in [-0.2, -0.15) is 4.98 Å². The van der Waals surface area contributed by atoms with Crippen molar-refractivity contribution in [2.45, 2.75) is 12.6 Å². The number of hydrogen-bond acceptors (Lipinski definition) is 6. The molecule has 1 aromatic carbocycles. The molecule has 2 heterocycles. The quantitative estimate of drug-likeness (QED) is 0.781. The minimum Gasteiger partial charge on any atom is -0.485 e. The monoisotopic (exact) mass is 287 g/mol. The molecule has 0 fully saturated rings. The third kappa shape index (κ3) is 2.87. The highest BCUT2D eigenvalue weighted by Crippen LogP contribution is 2.22. The molecule has 20 heavy (non-hydrogen) atoms. The Morgan fingerprint density at radius 1 is 1.20 bits per heavy atom. The predicted molar refractivity (Wildman–Crippen MR) is 75.4 cm³/mol. The highest BCUT2D eigenvalue weighted by Gasteiger charge is 2.17. The van der Waals surface area contributed by atoms with Crippen LogP contribution in [0.2, 0.25) is 0 Å². The Balaban J connectivity index is 1.65. The average Bonchev–Trinajstić information content (AvgIpc) is 3.17. The Hall–Kier alpha value is -2.18. The standard InChI is InChI=1S/C14H13N3O2S/c15-13(11-7-4-8-20-11)14-16-12(17-19-14)9-18-10-5-2-1-3-6-10/h1-8,13H,9,15H2. The van der Waals surface area contributed by atoms with Gasteiger partial charge in [-0.1, -0.05) is 29.4 Å². The average molecular weight is 287 g/mol. The van der Waals surface area contributed by atoms with Crippen LogP contribution in [0, 0.1) is 0 Å². The molecule has 102 valence electrons. The molecule has 6 heteroatoms. The minimum atomic E-state index is -0.382. The van der Waals surface area contributed by atoms with Crippen LogP contribution < -0.4 is 10.5 Å². The van der Waals surface area contributed by atoms with Crippen LogP contribution in [0.4, 0.5) is 0 Å². The molecule has 0 bridgehead atoms. The molecule has 5 nitrogen and oxygen atoms in total. The number of benzene rings is 1. The first-order valence-corrected chi connectivity index (χ1v) is 7.00. The Bertz CT molecular complexity index is 652. The van der Waals surface area contributed by atoms with E-state index in [-0.39, 0.29) is 12.6 Å². The van der Waals surface area contributed by atoms with Gasteiger partial charge in [0.2, 0.25) is 11.7 Å². The lowest BCUT2D eigenvalue weighted by atomic mass is 10.2. The van der Waals surface area contributed by atoms with Crippen LogP contribution in [0.15, 0.2) is 52.4 Å². The minimum absolute atomic E-state index is 0.255. The van der Waals surface area contributed by atoms with Gasteiger partial charge >= 0.3 is 0 Å². The van der Waals surface area contributed by atoms with Crippen molar-refractivity contribution in [2.75, 3.05) is 0 Å². The molecule has 1 atom stereocenters. The summed E-state index contributed by atoms with van der Waals surface area (Å²) in [5, 5.41) is 5.84. The van der Waals surface area contributed by atoms with Crippen molar-refractivity contribution >= 4 is 11.3 Å². The molecule has 0 aliphatic carbocycles. The number of para-hydroxylation sites is 1. The third-order valence-electron chi connectivity index (χ3n) is 2.71. The maximum atomic E-state index is 6.05. The lowest BCUT2D eigenvalue weighted by Crippen LogP contribution is -2.10. The summed E-state index contributed by atoms with van der Waals surface area (Å²) in [5.74, 6) is 1.65. The second kappa shape index (κ2) is 5.85. The van der Waals surface area contributed by atoms with Crippen LogP contribution in [-0.2, 0) is 6.61 Å². The van der Waals surface area contributed by atoms with Crippen LogP contribution in [0.3, 0.4) is 0 Å². The zero-order chi connectivity index (χ0) is 13.8. The van der Waals surface area contributed by atoms with E-state index in [1.54, 1.807) is 11.3 Å². The maximum Gasteiger partial charge on any atom is 0.249 e. The number of nitrogens with two attached hydrogens (primary N) is 1. The van der Waals surface area contributed by atoms with E-state index in [1.165, 1.54) is 0 Å². The van der Waals surface area contributed by atoms with Crippen molar-refractivity contribution in [2.24, 2.45) is 5.73 Å². The summed E-state index contributed by atoms with van der Waals surface area (Å²) < 4.78 is 10.7. The van der Waals surface area contributed by atoms with Crippen LogP contribution in [0.25, 0.3) is 0 Å². The fourth-order valence-electron chi connectivity index (χ4n) is 1.71. The van der Waals surface area contributed by atoms with E-state index in [4.69, 9.17) is 15.0 Å². The van der Waals surface area contributed by atoms with Gasteiger partial charge in [0.05, 0.1) is 0 Å². The summed E-state index contributed by atoms with van der Waals surface area (Å²) in [4.78, 5) is 5.25. The van der Waals surface area contributed by atoms with Crippen LogP contribution in [0.1, 0.15) is 22.6 Å². The van der Waals surface area contributed by atoms with Gasteiger partial charge in [-0.05, 0) is 23.6 Å². The molecule has 0 amide bonds. The third-order valence-corrected chi connectivity index (χ3v) is 3.67. The van der Waals surface area contributed by atoms with Gasteiger partial charge in [-0.15, -0.1) is 11.3 Å². The van der Waals surface area contributed by atoms with Gasteiger partial charge < -0.3 is 15.0 Å². The van der Waals surface area contributed by atoms with Gasteiger partial charge in [0.25, 0.3) is 0 Å². The van der Waals surface area contributed by atoms with Gasteiger partial charge in [-0.25, -0.2) is 0 Å². The molecule has 0 aliphatic heterocycles. The highest BCUT2D eigenvalue weighted by molar-refractivity contribution is 7.10. The van der Waals surface area contributed by atoms with Crippen molar-refractivity contribution in [1.82, 2.24) is 10.1 Å². The van der Waals surface area contributed by atoms with E-state index in [0.29, 0.717) is 11.7 Å². The predicted octanol–water partition coefficient (Wildman–Crippen LogP) is 2.76. The van der Waals surface area contributed by atoms with E-state index < -0.39 is 0 Å². The molecule has 3 rings (SSSR count). The summed E-state index contributed by atoms with van der Waals surface area (Å²) in [5.41, 5.74) is 6.05. The van der Waals surface area contributed by atoms with Crippen LogP contribution >= 0.6 is 11.3 Å². The Kier molecular flexibility index (Phi) is 3.76. The Morgan fingerprint density at radius 2 is 2.05 bits per heavy atom. The molecule has 0 radical (unpaired) electrons. The van der Waals surface area contributed by atoms with Crippen molar-refractivity contribution in [3.05, 3.63) is 64.4 Å². The number of rotatable bonds is 5. The normalized spacial score (nSPS) is 12.2. The number of aromatic nitrogens is 2. The highest BCUT2D eigenvalue weighted by atomic mass is 32.1. The molecule has 3 aromatic rings. The fourth-order valence-corrected chi connectivity index (χ4v) is 2.43. The largest absolute Gasteiger partial charge is 0.485 e. The summed E-state index contributed by atoms with van der Waals surface area (Å²) in [6, 6.07) is 13.0. The van der Waals surface area contributed by atoms with Crippen molar-refractivity contribution in [3.8, 4) is 5.75 Å². The van der Waals surface area contributed by atoms with E-state index in [2.05, 4.69) is 10.1 Å². The number of ether oxygens (including phenoxy) is 1. The number of hydrogen-bond donors (Lipinski definition) is 1. The van der Waals surface area contributed by atoms with Gasteiger partial charge in [-0.3, -0.25) is 0 Å². The second-order valence-corrected chi connectivity index (χ2v) is 5.12. The first kappa shape index (κ1) is 12.8. The van der Waals surface area contributed by atoms with Gasteiger partial charge in [0, 0.05) is 4.88 Å². The molecular weight excluding hydrogens is 274 g/mol. The Morgan fingerprint density at radius 3 is 2.80 bits per heavy atom. The first-order valence-electron chi connectivity index (χ1n) is 6.12. The topological polar surface area (TPSA) is 74.2 Å². The maximum absolute atomic E-state index is 6.05. The smallest absolute Gasteiger partial charge is 0.249 e. The van der Waals surface area contributed by atoms with Crippen LogP contribution in [0.5, 0.6) is 5.75 Å². The molecule has 2 N–H and O–H groups in total. The van der Waals surface area contributed by atoms with Crippen molar-refractivity contribution < 1.29 is 9.26 Å². The molecular formula is C14H13N3O2S. The summed E-state index contributed by atoms with van der Waals surface area (Å²) in [7, 11) is 0. The van der Waals surface area contributed by atoms with Crippen LogP contribution in [-0.4, -0.2) is 10.1 Å². The second-order valence-electron chi connectivity index (χ2n) is 4.14. The zero-order valence-electron chi connectivity index (χ0n) is 10.6. The lowest BCUT2D eigenvalue weighted by Gasteiger charge is -2.02. The zero-order valence-corrected chi connectivity index (χ0v) is 11.4. The summed E-state index contributed by atoms with van der Waals surface area (Å²) in [6.07, 6.45) is 0. The van der Waals surface area contributed by atoms with Gasteiger partial charge in [0.15, 0.2) is 6.61 Å². The molecule has 2 aromatic heterocycles. The molecule has 0 saturated carbocycles. The van der Waals surface area contributed by atoms with Gasteiger partial charge in [0.1, 0.15) is 11.8 Å². The van der Waals surface area contributed by atoms with Crippen molar-refractivity contribution in [3.63, 3.8) is 0 Å². The van der Waals surface area contributed by atoms with E-state index in [9.17, 15) is 0 Å². The fraction of sp³-hybridized carbons (Fsp3) is 0.143. The molecule has 0 saturated heterocycles. The summed E-state index contributed by atoms with van der Waals surface area (Å²) >= 11 is 1.56. The summed E-state index contributed by atoms with van der Waals surface area (Å²) in [6.45, 7) is 0.255. The van der Waals surface area contributed by atoms with E-state index in [0.717, 1.165) is 10.6 Å². The SMILES string of the molecule is NC(c1nc(COc2ccccc2)no1)c1cccs1. The molecule has 0 spiro atoms. The van der Waals surface area contributed by atoms with Crippen molar-refractivity contribution in [1.29, 1.82) is 0 Å². The van der Waals surface area contributed by atoms with E-state index in [1.807, 2.05) is 47.8 Å². The number of thiophene rings is 1. The Labute approximate surface area is 120 Å². The molecule has 0 aliphatic rings. The molecule has 1 unspecified atom stereocenters. The first-order chi connectivity index (χ1) is 9.83.